The van der Waals surface area contributed by atoms with Crippen molar-refractivity contribution < 1.29 is 24.3 Å². The molecule has 0 saturated heterocycles. The number of hydrogen-bond acceptors (Lipinski definition) is 2. The van der Waals surface area contributed by atoms with Crippen molar-refractivity contribution in [3.05, 3.63) is 46.7 Å². The van der Waals surface area contributed by atoms with Crippen LogP contribution in [0, 0.1) is 0 Å². The van der Waals surface area contributed by atoms with Crippen LogP contribution in [-0.4, -0.2) is 6.29 Å². The fourth-order valence-corrected chi connectivity index (χ4v) is 3.43. The van der Waals surface area contributed by atoms with Gasteiger partial charge in [0.15, 0.2) is 0 Å². The summed E-state index contributed by atoms with van der Waals surface area (Å²) >= 11 is 4.39. The number of benzene rings is 1. The van der Waals surface area contributed by atoms with E-state index >= 15 is 0 Å². The van der Waals surface area contributed by atoms with Gasteiger partial charge in [-0.3, -0.25) is 4.79 Å². The Bertz CT molecular complexity index is 415. The van der Waals surface area contributed by atoms with Crippen molar-refractivity contribution in [3.63, 3.8) is 0 Å². The van der Waals surface area contributed by atoms with E-state index in [0.717, 1.165) is 16.1 Å². The summed E-state index contributed by atoms with van der Waals surface area (Å²) in [7, 11) is -0.379. The Morgan fingerprint density at radius 2 is 1.87 bits per heavy atom. The van der Waals surface area contributed by atoms with E-state index in [4.69, 9.17) is 0 Å². The first-order chi connectivity index (χ1) is 6.81. The largest absolute Gasteiger partial charge is 0.298 e. The molecule has 0 aliphatic carbocycles. The maximum atomic E-state index is 10.6. The Kier molecular flexibility index (Phi) is 4.84. The zero-order valence-corrected chi connectivity index (χ0v) is 12.9. The van der Waals surface area contributed by atoms with Gasteiger partial charge in [0.1, 0.15) is 6.29 Å². The first kappa shape index (κ1) is 12.8. The van der Waals surface area contributed by atoms with E-state index in [1.807, 2.05) is 24.3 Å². The van der Waals surface area contributed by atoms with Crippen LogP contribution in [-0.2, 0) is 19.5 Å². The molecule has 1 heterocycles. The van der Waals surface area contributed by atoms with E-state index in [-0.39, 0.29) is 30.4 Å². The quantitative estimate of drug-likeness (QED) is 0.485. The summed E-state index contributed by atoms with van der Waals surface area (Å²) in [6.45, 7) is 0. The first-order valence-electron chi connectivity index (χ1n) is 4.23. The Labute approximate surface area is 110 Å². The predicted octanol–water partition coefficient (Wildman–Crippen LogP) is 3.19. The molecule has 74 valence electrons. The van der Waals surface area contributed by atoms with Gasteiger partial charge in [-0.15, -0.1) is 12.6 Å². The Morgan fingerprint density at radius 1 is 1.20 bits per heavy atom. The fourth-order valence-electron chi connectivity index (χ4n) is 1.32. The number of carbonyl (C=O) groups excluding carboxylic acids is 1. The molecule has 0 unspecified atom stereocenters. The number of carbonyl (C=O) groups is 1. The Balaban J connectivity index is 0.00000112. The van der Waals surface area contributed by atoms with E-state index in [1.54, 1.807) is 6.07 Å². The molecule has 2 rings (SSSR count). The third-order valence-corrected chi connectivity index (χ3v) is 4.50. The van der Waals surface area contributed by atoms with E-state index < -0.39 is 0 Å². The number of aldehydes is 1. The van der Waals surface area contributed by atoms with Crippen molar-refractivity contribution in [1.82, 2.24) is 0 Å². The average molecular weight is 288 g/mol. The van der Waals surface area contributed by atoms with Crippen LogP contribution in [0.4, 0.5) is 0 Å². The topological polar surface area (TPSA) is 17.1 Å². The summed E-state index contributed by atoms with van der Waals surface area (Å²) < 4.78 is 0. The molecule has 0 spiro atoms. The van der Waals surface area contributed by atoms with Gasteiger partial charge in [0.2, 0.25) is 0 Å². The molecule has 0 atom stereocenters. The normalized spacial score (nSPS) is 15.1. The van der Waals surface area contributed by atoms with Gasteiger partial charge in [0.25, 0.3) is 0 Å². The molecule has 1 aromatic carbocycles. The molecule has 0 fully saturated rings. The third kappa shape index (κ3) is 2.84. The Morgan fingerprint density at radius 3 is 2.47 bits per heavy atom. The maximum Gasteiger partial charge on any atom is 0.150 e. The van der Waals surface area contributed by atoms with Crippen molar-refractivity contribution in [2.75, 3.05) is 0 Å². The molecule has 0 amide bonds. The van der Waals surface area contributed by atoms with Crippen molar-refractivity contribution >= 4 is 29.8 Å². The van der Waals surface area contributed by atoms with Crippen molar-refractivity contribution in [2.45, 2.75) is 9.79 Å². The zero-order valence-electron chi connectivity index (χ0n) is 8.13. The number of rotatable bonds is 2. The minimum absolute atomic E-state index is 0. The standard InChI is InChI=1S/C11H10OS2.Zn/c12-8-9-3-4-10(13)11(7-9)14-5-1-2-6-14;/h1-8,13-14H;. The molecule has 1 aliphatic rings. The van der Waals surface area contributed by atoms with E-state index in [0.29, 0.717) is 5.56 Å². The number of allylic oxidation sites excluding steroid dienone is 2. The summed E-state index contributed by atoms with van der Waals surface area (Å²) in [5.74, 6) is 0. The predicted molar refractivity (Wildman–Crippen MR) is 64.6 cm³/mol. The molecule has 15 heavy (non-hydrogen) atoms. The first-order valence-corrected chi connectivity index (χ1v) is 6.15. The molecule has 0 saturated carbocycles. The molecule has 0 N–H and O–H groups in total. The molecule has 4 heteroatoms. The molecular weight excluding hydrogens is 278 g/mol. The second-order valence-corrected chi connectivity index (χ2v) is 5.33. The van der Waals surface area contributed by atoms with Gasteiger partial charge in [-0.1, -0.05) is 18.2 Å². The van der Waals surface area contributed by atoms with Crippen molar-refractivity contribution in [2.24, 2.45) is 0 Å². The monoisotopic (exact) mass is 286 g/mol. The van der Waals surface area contributed by atoms with Gasteiger partial charge in [0.05, 0.1) is 0 Å². The number of hydrogen-bond donors (Lipinski definition) is 2. The minimum atomic E-state index is -0.379. The number of thiol groups is 2. The summed E-state index contributed by atoms with van der Waals surface area (Å²) in [6, 6.07) is 5.59. The van der Waals surface area contributed by atoms with Crippen LogP contribution in [0.5, 0.6) is 0 Å². The molecule has 1 nitrogen and oxygen atoms in total. The van der Waals surface area contributed by atoms with Crippen LogP contribution in [0.25, 0.3) is 0 Å². The van der Waals surface area contributed by atoms with Crippen LogP contribution in [0.15, 0.2) is 51.0 Å². The Hall–Kier alpha value is -0.307. The summed E-state index contributed by atoms with van der Waals surface area (Å²) in [6.07, 6.45) is 4.94. The maximum absolute atomic E-state index is 10.6. The molecule has 0 aromatic heterocycles. The van der Waals surface area contributed by atoms with Crippen LogP contribution in [0.3, 0.4) is 0 Å². The summed E-state index contributed by atoms with van der Waals surface area (Å²) in [5, 5.41) is 4.30. The van der Waals surface area contributed by atoms with E-state index in [9.17, 15) is 4.79 Å². The van der Waals surface area contributed by atoms with E-state index in [2.05, 4.69) is 23.4 Å². The smallest absolute Gasteiger partial charge is 0.150 e. The van der Waals surface area contributed by atoms with Gasteiger partial charge in [-0.05, 0) is 22.9 Å². The third-order valence-electron chi connectivity index (χ3n) is 2.02. The van der Waals surface area contributed by atoms with Gasteiger partial charge < -0.3 is 0 Å². The molecule has 0 bridgehead atoms. The zero-order chi connectivity index (χ0) is 9.97. The van der Waals surface area contributed by atoms with Crippen molar-refractivity contribution in [1.29, 1.82) is 0 Å². The summed E-state index contributed by atoms with van der Waals surface area (Å²) in [4.78, 5) is 12.7. The van der Waals surface area contributed by atoms with Gasteiger partial charge >= 0.3 is 0 Å². The van der Waals surface area contributed by atoms with Crippen LogP contribution in [0.2, 0.25) is 0 Å². The molecule has 1 aliphatic heterocycles. The van der Waals surface area contributed by atoms with Crippen molar-refractivity contribution in [3.8, 4) is 0 Å². The van der Waals surface area contributed by atoms with Crippen LogP contribution >= 0.6 is 23.5 Å². The second-order valence-electron chi connectivity index (χ2n) is 2.96. The van der Waals surface area contributed by atoms with Crippen LogP contribution in [0.1, 0.15) is 10.4 Å². The van der Waals surface area contributed by atoms with Gasteiger partial charge in [-0.25, -0.2) is 0 Å². The van der Waals surface area contributed by atoms with Gasteiger partial charge in [-0.2, -0.15) is 10.9 Å². The molecular formula is C11H10OS2Zn. The fraction of sp³-hybridized carbons (Fsp3) is 0. The summed E-state index contributed by atoms with van der Waals surface area (Å²) in [5.41, 5.74) is 0.717. The SMILES string of the molecule is O=Cc1ccc(S)c([SH]2C=CC=C2)c1.[Zn]. The average Bonchev–Trinajstić information content (AvgIpc) is 2.71. The van der Waals surface area contributed by atoms with E-state index in [1.165, 1.54) is 0 Å². The molecule has 0 radical (unpaired) electrons. The second kappa shape index (κ2) is 5.69. The van der Waals surface area contributed by atoms with Crippen LogP contribution < -0.4 is 0 Å². The minimum Gasteiger partial charge on any atom is -0.298 e. The van der Waals surface area contributed by atoms with Gasteiger partial charge in [0, 0.05) is 34.8 Å². The molecule has 1 aromatic rings.